The van der Waals surface area contributed by atoms with Crippen LogP contribution in [0.1, 0.15) is 25.3 Å². The van der Waals surface area contributed by atoms with Crippen molar-refractivity contribution in [2.45, 2.75) is 31.1 Å². The minimum atomic E-state index is -4.52. The van der Waals surface area contributed by atoms with Crippen molar-refractivity contribution in [1.29, 1.82) is 0 Å². The number of rotatable bonds is 3. The van der Waals surface area contributed by atoms with Crippen LogP contribution in [-0.4, -0.2) is 44.2 Å². The second-order valence-corrected chi connectivity index (χ2v) is 7.48. The third-order valence-electron chi connectivity index (χ3n) is 4.09. The van der Waals surface area contributed by atoms with E-state index in [2.05, 4.69) is 17.1 Å². The highest BCUT2D eigenvalue weighted by molar-refractivity contribution is 7.99. The quantitative estimate of drug-likeness (QED) is 0.746. The molecule has 1 fully saturated rings. The highest BCUT2D eigenvalue weighted by atomic mass is 35.5. The van der Waals surface area contributed by atoms with E-state index in [1.54, 1.807) is 4.90 Å². The molecule has 0 aliphatic carbocycles. The molecule has 1 atom stereocenters. The van der Waals surface area contributed by atoms with E-state index in [0.29, 0.717) is 19.0 Å². The zero-order valence-corrected chi connectivity index (χ0v) is 15.0. The maximum atomic E-state index is 12.9. The number of piperidine rings is 1. The Morgan fingerprint density at radius 2 is 2.20 bits per heavy atom. The number of aromatic nitrogens is 3. The topological polar surface area (TPSA) is 50.5 Å². The molecule has 136 valence electrons. The van der Waals surface area contributed by atoms with Crippen LogP contribution in [0.3, 0.4) is 0 Å². The van der Waals surface area contributed by atoms with Gasteiger partial charge in [0.05, 0.1) is 16.3 Å². The van der Waals surface area contributed by atoms with Gasteiger partial charge in [0.2, 0.25) is 5.91 Å². The summed E-state index contributed by atoms with van der Waals surface area (Å²) in [4.78, 5) is 14.1. The van der Waals surface area contributed by atoms with E-state index in [1.165, 1.54) is 4.40 Å². The maximum absolute atomic E-state index is 12.9. The Balaban J connectivity index is 1.77. The summed E-state index contributed by atoms with van der Waals surface area (Å²) in [6, 6.07) is 0.820. The van der Waals surface area contributed by atoms with Crippen molar-refractivity contribution in [2.24, 2.45) is 5.92 Å². The van der Waals surface area contributed by atoms with Gasteiger partial charge in [-0.3, -0.25) is 9.20 Å². The number of hydrogen-bond acceptors (Lipinski definition) is 4. The van der Waals surface area contributed by atoms with Crippen LogP contribution < -0.4 is 0 Å². The van der Waals surface area contributed by atoms with Gasteiger partial charge in [-0.15, -0.1) is 10.2 Å². The summed E-state index contributed by atoms with van der Waals surface area (Å²) in [7, 11) is 0. The predicted molar refractivity (Wildman–Crippen MR) is 88.7 cm³/mol. The lowest BCUT2D eigenvalue weighted by Gasteiger charge is -2.30. The van der Waals surface area contributed by atoms with Crippen molar-refractivity contribution in [3.8, 4) is 0 Å². The first-order chi connectivity index (χ1) is 11.8. The lowest BCUT2D eigenvalue weighted by atomic mass is 10.0. The molecule has 0 spiro atoms. The van der Waals surface area contributed by atoms with Crippen molar-refractivity contribution in [3.05, 3.63) is 22.8 Å². The number of likely N-dealkylation sites (tertiary alicyclic amines) is 1. The molecular weight excluding hydrogens is 377 g/mol. The molecule has 0 bridgehead atoms. The summed E-state index contributed by atoms with van der Waals surface area (Å²) < 4.78 is 40.0. The molecule has 3 rings (SSSR count). The van der Waals surface area contributed by atoms with Crippen molar-refractivity contribution in [2.75, 3.05) is 18.8 Å². The van der Waals surface area contributed by atoms with Crippen molar-refractivity contribution < 1.29 is 18.0 Å². The molecule has 0 aromatic carbocycles. The van der Waals surface area contributed by atoms with Crippen molar-refractivity contribution in [1.82, 2.24) is 19.5 Å². The molecule has 0 saturated carbocycles. The van der Waals surface area contributed by atoms with Crippen LogP contribution in [-0.2, 0) is 11.0 Å². The van der Waals surface area contributed by atoms with Gasteiger partial charge in [-0.25, -0.2) is 0 Å². The number of halogens is 4. The Labute approximate surface area is 151 Å². The van der Waals surface area contributed by atoms with Crippen molar-refractivity contribution >= 4 is 34.9 Å². The molecular formula is C15H16ClF3N4OS. The number of alkyl halides is 3. The number of thioether (sulfide) groups is 1. The minimum Gasteiger partial charge on any atom is -0.342 e. The molecule has 1 aliphatic heterocycles. The van der Waals surface area contributed by atoms with E-state index >= 15 is 0 Å². The SMILES string of the molecule is C[C@H]1CCCN(C(=O)CSc2nnc3c(Cl)cc(C(F)(F)F)cn23)C1. The fourth-order valence-electron chi connectivity index (χ4n) is 2.82. The number of nitrogens with zero attached hydrogens (tertiary/aromatic N) is 4. The van der Waals surface area contributed by atoms with Crippen LogP contribution in [0.5, 0.6) is 0 Å². The largest absolute Gasteiger partial charge is 0.417 e. The Morgan fingerprint density at radius 3 is 2.88 bits per heavy atom. The molecule has 1 saturated heterocycles. The maximum Gasteiger partial charge on any atom is 0.417 e. The van der Waals surface area contributed by atoms with E-state index in [1.807, 2.05) is 0 Å². The summed E-state index contributed by atoms with van der Waals surface area (Å²) in [6.07, 6.45) is -1.55. The van der Waals surface area contributed by atoms with Gasteiger partial charge < -0.3 is 4.90 Å². The molecule has 2 aromatic heterocycles. The Bertz CT molecular complexity index is 795. The zero-order chi connectivity index (χ0) is 18.2. The van der Waals surface area contributed by atoms with Crippen LogP contribution in [0.25, 0.3) is 5.65 Å². The molecule has 3 heterocycles. The van der Waals surface area contributed by atoms with Gasteiger partial charge in [0.15, 0.2) is 10.8 Å². The molecule has 0 N–H and O–H groups in total. The van der Waals surface area contributed by atoms with E-state index in [-0.39, 0.29) is 27.5 Å². The molecule has 1 amide bonds. The summed E-state index contributed by atoms with van der Waals surface area (Å²) in [5, 5.41) is 7.75. The monoisotopic (exact) mass is 392 g/mol. The normalized spacial score (nSPS) is 18.8. The third kappa shape index (κ3) is 4.03. The summed E-state index contributed by atoms with van der Waals surface area (Å²) >= 11 is 6.93. The van der Waals surface area contributed by atoms with Crippen LogP contribution in [0.4, 0.5) is 13.2 Å². The second kappa shape index (κ2) is 7.03. The summed E-state index contributed by atoms with van der Waals surface area (Å²) in [5.74, 6) is 0.512. The average molecular weight is 393 g/mol. The second-order valence-electron chi connectivity index (χ2n) is 6.13. The fraction of sp³-hybridized carbons (Fsp3) is 0.533. The molecule has 0 unspecified atom stereocenters. The molecule has 1 aliphatic rings. The minimum absolute atomic E-state index is 0.0497. The standard InChI is InChI=1S/C15H16ClF3N4OS/c1-9-3-2-4-22(6-9)12(24)8-25-14-21-20-13-11(16)5-10(7-23(13)14)15(17,18)19/h5,7,9H,2-4,6,8H2,1H3/t9-/m0/s1. The zero-order valence-electron chi connectivity index (χ0n) is 13.4. The highest BCUT2D eigenvalue weighted by Gasteiger charge is 2.32. The number of amides is 1. The van der Waals surface area contributed by atoms with E-state index in [9.17, 15) is 18.0 Å². The van der Waals surface area contributed by atoms with Gasteiger partial charge in [-0.05, 0) is 24.8 Å². The lowest BCUT2D eigenvalue weighted by Crippen LogP contribution is -2.40. The molecule has 2 aromatic rings. The van der Waals surface area contributed by atoms with Gasteiger partial charge in [0.1, 0.15) is 0 Å². The first kappa shape index (κ1) is 18.3. The van der Waals surface area contributed by atoms with Crippen LogP contribution >= 0.6 is 23.4 Å². The van der Waals surface area contributed by atoms with E-state index in [0.717, 1.165) is 36.9 Å². The molecule has 10 heteroatoms. The number of fused-ring (bicyclic) bond motifs is 1. The summed E-state index contributed by atoms with van der Waals surface area (Å²) in [5.41, 5.74) is -0.751. The number of carbonyl (C=O) groups excluding carboxylic acids is 1. The molecule has 25 heavy (non-hydrogen) atoms. The average Bonchev–Trinajstić information content (AvgIpc) is 2.95. The molecule has 0 radical (unpaired) electrons. The Hall–Kier alpha value is -1.48. The van der Waals surface area contributed by atoms with Gasteiger partial charge >= 0.3 is 6.18 Å². The predicted octanol–water partition coefficient (Wildman–Crippen LogP) is 3.75. The summed E-state index contributed by atoms with van der Waals surface area (Å²) in [6.45, 7) is 3.53. The lowest BCUT2D eigenvalue weighted by molar-refractivity contribution is -0.138. The molecule has 5 nitrogen and oxygen atoms in total. The fourth-order valence-corrected chi connectivity index (χ4v) is 3.88. The Morgan fingerprint density at radius 1 is 1.44 bits per heavy atom. The Kier molecular flexibility index (Phi) is 5.15. The van der Waals surface area contributed by atoms with Crippen molar-refractivity contribution in [3.63, 3.8) is 0 Å². The van der Waals surface area contributed by atoms with Gasteiger partial charge in [-0.1, -0.05) is 30.3 Å². The smallest absolute Gasteiger partial charge is 0.342 e. The number of carbonyl (C=O) groups is 1. The van der Waals surface area contributed by atoms with Gasteiger partial charge in [-0.2, -0.15) is 13.2 Å². The number of hydrogen-bond donors (Lipinski definition) is 0. The first-order valence-electron chi connectivity index (χ1n) is 7.77. The third-order valence-corrected chi connectivity index (χ3v) is 5.30. The van der Waals surface area contributed by atoms with Crippen LogP contribution in [0, 0.1) is 5.92 Å². The van der Waals surface area contributed by atoms with Gasteiger partial charge in [0.25, 0.3) is 0 Å². The highest BCUT2D eigenvalue weighted by Crippen LogP contribution is 2.33. The first-order valence-corrected chi connectivity index (χ1v) is 9.14. The van der Waals surface area contributed by atoms with Crippen LogP contribution in [0.2, 0.25) is 5.02 Å². The van der Waals surface area contributed by atoms with E-state index < -0.39 is 11.7 Å². The van der Waals surface area contributed by atoms with E-state index in [4.69, 9.17) is 11.6 Å². The van der Waals surface area contributed by atoms with Gasteiger partial charge in [0, 0.05) is 19.3 Å². The van der Waals surface area contributed by atoms with Crippen LogP contribution in [0.15, 0.2) is 17.4 Å². The number of pyridine rings is 1.